The zero-order valence-electron chi connectivity index (χ0n) is 12.3. The van der Waals surface area contributed by atoms with Crippen molar-refractivity contribution in [2.75, 3.05) is 0 Å². The predicted molar refractivity (Wildman–Crippen MR) is 84.2 cm³/mol. The summed E-state index contributed by atoms with van der Waals surface area (Å²) < 4.78 is 13.1. The van der Waals surface area contributed by atoms with Gasteiger partial charge in [-0.05, 0) is 30.5 Å². The fourth-order valence-electron chi connectivity index (χ4n) is 2.37. The first-order valence-electron chi connectivity index (χ1n) is 7.57. The lowest BCUT2D eigenvalue weighted by atomic mass is 10.00. The third kappa shape index (κ3) is 6.69. The smallest absolute Gasteiger partial charge is 0.141 e. The highest BCUT2D eigenvalue weighted by molar-refractivity contribution is 6.30. The molecule has 4 heteroatoms. The van der Waals surface area contributed by atoms with Gasteiger partial charge in [0.1, 0.15) is 5.82 Å². The third-order valence-corrected chi connectivity index (χ3v) is 3.90. The van der Waals surface area contributed by atoms with Crippen molar-refractivity contribution in [2.45, 2.75) is 64.3 Å². The third-order valence-electron chi connectivity index (χ3n) is 3.61. The van der Waals surface area contributed by atoms with Crippen molar-refractivity contribution in [2.24, 2.45) is 5.84 Å². The van der Waals surface area contributed by atoms with Crippen molar-refractivity contribution in [3.8, 4) is 0 Å². The largest absolute Gasteiger partial charge is 0.271 e. The Labute approximate surface area is 126 Å². The van der Waals surface area contributed by atoms with Crippen LogP contribution in [-0.2, 0) is 6.42 Å². The van der Waals surface area contributed by atoms with Crippen LogP contribution >= 0.6 is 11.6 Å². The molecular weight excluding hydrogens is 275 g/mol. The fraction of sp³-hybridized carbons (Fsp3) is 0.625. The van der Waals surface area contributed by atoms with Gasteiger partial charge in [-0.1, -0.05) is 63.1 Å². The first kappa shape index (κ1) is 17.4. The van der Waals surface area contributed by atoms with E-state index >= 15 is 0 Å². The van der Waals surface area contributed by atoms with Crippen LogP contribution in [0.2, 0.25) is 5.02 Å². The second kappa shape index (κ2) is 10.1. The molecule has 3 N–H and O–H groups in total. The molecule has 0 spiro atoms. The van der Waals surface area contributed by atoms with Crippen LogP contribution in [0.25, 0.3) is 0 Å². The molecule has 0 saturated heterocycles. The second-order valence-electron chi connectivity index (χ2n) is 5.37. The van der Waals surface area contributed by atoms with Gasteiger partial charge in [-0.25, -0.2) is 4.39 Å². The molecular formula is C16H26ClFN2. The minimum absolute atomic E-state index is 0.179. The SMILES string of the molecule is CCCCCCCCC(Cc1ccc(F)c(Cl)c1)NN. The van der Waals surface area contributed by atoms with Crippen molar-refractivity contribution in [1.29, 1.82) is 0 Å². The molecule has 0 saturated carbocycles. The molecule has 0 aliphatic heterocycles. The summed E-state index contributed by atoms with van der Waals surface area (Å²) in [7, 11) is 0. The van der Waals surface area contributed by atoms with E-state index in [1.54, 1.807) is 12.1 Å². The van der Waals surface area contributed by atoms with Gasteiger partial charge in [0.2, 0.25) is 0 Å². The number of hydrazine groups is 1. The molecule has 1 atom stereocenters. The standard InChI is InChI=1S/C16H26ClFN2/c1-2-3-4-5-6-7-8-14(20-19)11-13-9-10-16(18)15(17)12-13/h9-10,12,14,20H,2-8,11,19H2,1H3. The molecule has 0 fully saturated rings. The van der Waals surface area contributed by atoms with Gasteiger partial charge in [-0.2, -0.15) is 0 Å². The van der Waals surface area contributed by atoms with Gasteiger partial charge in [-0.3, -0.25) is 11.3 Å². The highest BCUT2D eigenvalue weighted by atomic mass is 35.5. The van der Waals surface area contributed by atoms with Gasteiger partial charge >= 0.3 is 0 Å². The molecule has 1 aromatic rings. The normalized spacial score (nSPS) is 12.6. The highest BCUT2D eigenvalue weighted by Crippen LogP contribution is 2.18. The molecule has 0 aromatic heterocycles. The Hall–Kier alpha value is -0.640. The molecule has 1 unspecified atom stereocenters. The molecule has 0 aliphatic carbocycles. The van der Waals surface area contributed by atoms with Crippen LogP contribution in [0, 0.1) is 5.82 Å². The van der Waals surface area contributed by atoms with E-state index in [1.165, 1.54) is 44.6 Å². The zero-order valence-corrected chi connectivity index (χ0v) is 13.1. The molecule has 1 rings (SSSR count). The zero-order chi connectivity index (χ0) is 14.8. The Bertz CT molecular complexity index is 385. The molecule has 0 bridgehead atoms. The van der Waals surface area contributed by atoms with Gasteiger partial charge in [0.25, 0.3) is 0 Å². The van der Waals surface area contributed by atoms with Crippen LogP contribution < -0.4 is 11.3 Å². The molecule has 0 aliphatic rings. The number of nitrogens with two attached hydrogens (primary N) is 1. The summed E-state index contributed by atoms with van der Waals surface area (Å²) >= 11 is 5.79. The number of unbranched alkanes of at least 4 members (excludes halogenated alkanes) is 5. The number of hydrogen-bond acceptors (Lipinski definition) is 2. The van der Waals surface area contributed by atoms with Gasteiger partial charge in [0.05, 0.1) is 5.02 Å². The quantitative estimate of drug-likeness (QED) is 0.376. The molecule has 20 heavy (non-hydrogen) atoms. The van der Waals surface area contributed by atoms with Crippen molar-refractivity contribution >= 4 is 11.6 Å². The van der Waals surface area contributed by atoms with E-state index in [0.29, 0.717) is 0 Å². The highest BCUT2D eigenvalue weighted by Gasteiger charge is 2.09. The molecule has 2 nitrogen and oxygen atoms in total. The van der Waals surface area contributed by atoms with Crippen LogP contribution in [0.3, 0.4) is 0 Å². The van der Waals surface area contributed by atoms with Crippen LogP contribution in [0.1, 0.15) is 57.4 Å². The summed E-state index contributed by atoms with van der Waals surface area (Å²) in [6.07, 6.45) is 9.47. The van der Waals surface area contributed by atoms with E-state index in [2.05, 4.69) is 12.3 Å². The van der Waals surface area contributed by atoms with Crippen molar-refractivity contribution in [3.05, 3.63) is 34.6 Å². The number of nitrogens with one attached hydrogen (secondary N) is 1. The van der Waals surface area contributed by atoms with Crippen molar-refractivity contribution in [3.63, 3.8) is 0 Å². The van der Waals surface area contributed by atoms with Crippen LogP contribution in [0.4, 0.5) is 4.39 Å². The lowest BCUT2D eigenvalue weighted by molar-refractivity contribution is 0.459. The van der Waals surface area contributed by atoms with E-state index in [9.17, 15) is 4.39 Å². The van der Waals surface area contributed by atoms with Gasteiger partial charge in [0, 0.05) is 6.04 Å². The van der Waals surface area contributed by atoms with E-state index in [0.717, 1.165) is 18.4 Å². The Morgan fingerprint density at radius 2 is 1.90 bits per heavy atom. The van der Waals surface area contributed by atoms with Crippen molar-refractivity contribution in [1.82, 2.24) is 5.43 Å². The monoisotopic (exact) mass is 300 g/mol. The Kier molecular flexibility index (Phi) is 8.83. The molecule has 0 amide bonds. The Morgan fingerprint density at radius 1 is 1.20 bits per heavy atom. The van der Waals surface area contributed by atoms with E-state index in [1.807, 2.05) is 0 Å². The maximum Gasteiger partial charge on any atom is 0.141 e. The average Bonchev–Trinajstić information content (AvgIpc) is 2.45. The first-order valence-corrected chi connectivity index (χ1v) is 7.95. The molecule has 114 valence electrons. The van der Waals surface area contributed by atoms with Gasteiger partial charge in [0.15, 0.2) is 0 Å². The molecule has 0 heterocycles. The van der Waals surface area contributed by atoms with E-state index in [4.69, 9.17) is 17.4 Å². The second-order valence-corrected chi connectivity index (χ2v) is 5.78. The number of halogens is 2. The average molecular weight is 301 g/mol. The molecule has 0 radical (unpaired) electrons. The summed E-state index contributed by atoms with van der Waals surface area (Å²) in [6, 6.07) is 5.09. The minimum atomic E-state index is -0.372. The minimum Gasteiger partial charge on any atom is -0.271 e. The van der Waals surface area contributed by atoms with Crippen LogP contribution in [0.15, 0.2) is 18.2 Å². The maximum absolute atomic E-state index is 13.1. The summed E-state index contributed by atoms with van der Waals surface area (Å²) in [6.45, 7) is 2.22. The summed E-state index contributed by atoms with van der Waals surface area (Å²) in [5.74, 6) is 5.22. The van der Waals surface area contributed by atoms with Gasteiger partial charge in [-0.15, -0.1) is 0 Å². The number of rotatable bonds is 10. The number of benzene rings is 1. The number of hydrogen-bond donors (Lipinski definition) is 2. The summed E-state index contributed by atoms with van der Waals surface area (Å²) in [5.41, 5.74) is 3.87. The first-order chi connectivity index (χ1) is 9.67. The van der Waals surface area contributed by atoms with Crippen LogP contribution in [-0.4, -0.2) is 6.04 Å². The van der Waals surface area contributed by atoms with Gasteiger partial charge < -0.3 is 0 Å². The van der Waals surface area contributed by atoms with Crippen LogP contribution in [0.5, 0.6) is 0 Å². The lowest BCUT2D eigenvalue weighted by Gasteiger charge is -2.16. The fourth-order valence-corrected chi connectivity index (χ4v) is 2.57. The molecule has 1 aromatic carbocycles. The Morgan fingerprint density at radius 3 is 2.55 bits per heavy atom. The maximum atomic E-state index is 13.1. The van der Waals surface area contributed by atoms with E-state index in [-0.39, 0.29) is 16.9 Å². The topological polar surface area (TPSA) is 38.0 Å². The lowest BCUT2D eigenvalue weighted by Crippen LogP contribution is -2.36. The van der Waals surface area contributed by atoms with E-state index < -0.39 is 0 Å². The predicted octanol–water partition coefficient (Wildman–Crippen LogP) is 4.60. The van der Waals surface area contributed by atoms with Crippen molar-refractivity contribution < 1.29 is 4.39 Å². The summed E-state index contributed by atoms with van der Waals surface area (Å²) in [4.78, 5) is 0. The Balaban J connectivity index is 2.29. The summed E-state index contributed by atoms with van der Waals surface area (Å²) in [5, 5.41) is 0.179.